The van der Waals surface area contributed by atoms with Crippen molar-refractivity contribution < 1.29 is 9.53 Å². The van der Waals surface area contributed by atoms with Gasteiger partial charge >= 0.3 is 5.97 Å². The topological polar surface area (TPSA) is 39.2 Å². The van der Waals surface area contributed by atoms with Gasteiger partial charge in [0.1, 0.15) is 5.60 Å². The molecule has 1 unspecified atom stereocenters. The summed E-state index contributed by atoms with van der Waals surface area (Å²) in [5.41, 5.74) is 1.71. The number of esters is 1. The third kappa shape index (κ3) is 5.65. The van der Waals surface area contributed by atoms with Gasteiger partial charge in [-0.1, -0.05) is 6.42 Å². The van der Waals surface area contributed by atoms with Crippen molar-refractivity contribution in [3.8, 4) is 0 Å². The second kappa shape index (κ2) is 9.01. The molecular weight excluding hydrogens is 370 g/mol. The van der Waals surface area contributed by atoms with Crippen molar-refractivity contribution in [2.45, 2.75) is 109 Å². The predicted octanol–water partition coefficient (Wildman–Crippen LogP) is 7.06. The molecule has 0 saturated heterocycles. The Labute approximate surface area is 183 Å². The summed E-state index contributed by atoms with van der Waals surface area (Å²) in [6.07, 6.45) is 19.4. The first kappa shape index (κ1) is 21.8. The molecule has 30 heavy (non-hydrogen) atoms. The Morgan fingerprint density at radius 2 is 1.63 bits per heavy atom. The molecule has 0 radical (unpaired) electrons. The van der Waals surface area contributed by atoms with E-state index in [2.05, 4.69) is 17.1 Å². The second-order valence-corrected chi connectivity index (χ2v) is 11.8. The average Bonchev–Trinajstić information content (AvgIpc) is 2.65. The molecule has 0 aromatic carbocycles. The largest absolute Gasteiger partial charge is 0.460 e. The highest BCUT2D eigenvalue weighted by Gasteiger charge is 2.50. The van der Waals surface area contributed by atoms with Crippen molar-refractivity contribution >= 4 is 5.97 Å². The number of carbonyl (C=O) groups excluding carboxylic acids is 1. The van der Waals surface area contributed by atoms with Crippen LogP contribution in [0.4, 0.5) is 0 Å². The minimum atomic E-state index is -0.380. The maximum Gasteiger partial charge on any atom is 0.306 e. The first-order chi connectivity index (χ1) is 14.3. The molecule has 1 aromatic heterocycles. The van der Waals surface area contributed by atoms with Gasteiger partial charge in [-0.05, 0) is 132 Å². The standard InChI is InChI=1S/C27H41NO2/c1-26(2,3)30-25(29)7-5-4-6-23(24-9-12-28-13-10-24)8-11-27-17-20-14-21(18-27)16-22(15-20)19-27/h9-10,12-13,20-23H,4-8,11,14-19H2,1-3H3. The fourth-order valence-electron chi connectivity index (χ4n) is 7.24. The molecule has 3 nitrogen and oxygen atoms in total. The Morgan fingerprint density at radius 1 is 1.03 bits per heavy atom. The fraction of sp³-hybridized carbons (Fsp3) is 0.778. The molecule has 1 atom stereocenters. The monoisotopic (exact) mass is 411 g/mol. The SMILES string of the molecule is CC(C)(C)OC(=O)CCCCC(CCC12CC3CC(CC(C3)C1)C2)c1ccncc1. The van der Waals surface area contributed by atoms with Crippen LogP contribution in [0.1, 0.15) is 109 Å². The van der Waals surface area contributed by atoms with Crippen molar-refractivity contribution in [2.24, 2.45) is 23.2 Å². The molecule has 0 aliphatic heterocycles. The van der Waals surface area contributed by atoms with E-state index < -0.39 is 0 Å². The number of unbranched alkanes of at least 4 members (excludes halogenated alkanes) is 1. The molecule has 4 bridgehead atoms. The molecule has 0 N–H and O–H groups in total. The van der Waals surface area contributed by atoms with E-state index in [0.29, 0.717) is 17.8 Å². The Bertz CT molecular complexity index is 670. The highest BCUT2D eigenvalue weighted by Crippen LogP contribution is 2.62. The second-order valence-electron chi connectivity index (χ2n) is 11.8. The van der Waals surface area contributed by atoms with Crippen molar-refractivity contribution in [2.75, 3.05) is 0 Å². The molecule has 4 saturated carbocycles. The highest BCUT2D eigenvalue weighted by molar-refractivity contribution is 5.69. The summed E-state index contributed by atoms with van der Waals surface area (Å²) < 4.78 is 5.47. The smallest absolute Gasteiger partial charge is 0.306 e. The molecule has 4 aliphatic rings. The van der Waals surface area contributed by atoms with E-state index in [9.17, 15) is 4.79 Å². The maximum atomic E-state index is 12.0. The lowest BCUT2D eigenvalue weighted by Gasteiger charge is -2.57. The summed E-state index contributed by atoms with van der Waals surface area (Å²) in [4.78, 5) is 16.3. The first-order valence-electron chi connectivity index (χ1n) is 12.4. The molecular formula is C27H41NO2. The molecule has 1 heterocycles. The lowest BCUT2D eigenvalue weighted by molar-refractivity contribution is -0.154. The summed E-state index contributed by atoms with van der Waals surface area (Å²) in [7, 11) is 0. The lowest BCUT2D eigenvalue weighted by Crippen LogP contribution is -2.46. The van der Waals surface area contributed by atoms with Gasteiger partial charge in [0.15, 0.2) is 0 Å². The van der Waals surface area contributed by atoms with Crippen molar-refractivity contribution in [1.82, 2.24) is 4.98 Å². The molecule has 0 spiro atoms. The van der Waals surface area contributed by atoms with Crippen LogP contribution in [0.3, 0.4) is 0 Å². The zero-order chi connectivity index (χ0) is 21.2. The van der Waals surface area contributed by atoms with E-state index in [1.807, 2.05) is 33.2 Å². The van der Waals surface area contributed by atoms with Crippen LogP contribution in [-0.4, -0.2) is 16.6 Å². The third-order valence-electron chi connectivity index (χ3n) is 7.97. The van der Waals surface area contributed by atoms with E-state index in [4.69, 9.17) is 4.74 Å². The Hall–Kier alpha value is -1.38. The van der Waals surface area contributed by atoms with E-state index in [-0.39, 0.29) is 11.6 Å². The van der Waals surface area contributed by atoms with Crippen LogP contribution in [0, 0.1) is 23.2 Å². The summed E-state index contributed by atoms with van der Waals surface area (Å²) in [6, 6.07) is 4.41. The van der Waals surface area contributed by atoms with Gasteiger partial charge in [-0.3, -0.25) is 9.78 Å². The summed E-state index contributed by atoms with van der Waals surface area (Å²) >= 11 is 0. The average molecular weight is 412 g/mol. The number of carbonyl (C=O) groups is 1. The Balaban J connectivity index is 1.31. The third-order valence-corrected chi connectivity index (χ3v) is 7.97. The van der Waals surface area contributed by atoms with Crippen LogP contribution in [0.25, 0.3) is 0 Å². The zero-order valence-electron chi connectivity index (χ0n) is 19.4. The van der Waals surface area contributed by atoms with Gasteiger partial charge in [-0.15, -0.1) is 0 Å². The number of hydrogen-bond donors (Lipinski definition) is 0. The summed E-state index contributed by atoms with van der Waals surface area (Å²) in [5, 5.41) is 0. The van der Waals surface area contributed by atoms with Gasteiger partial charge in [-0.2, -0.15) is 0 Å². The maximum absolute atomic E-state index is 12.0. The highest BCUT2D eigenvalue weighted by atomic mass is 16.6. The van der Waals surface area contributed by atoms with Gasteiger partial charge in [0.25, 0.3) is 0 Å². The van der Waals surface area contributed by atoms with Crippen LogP contribution >= 0.6 is 0 Å². The molecule has 4 fully saturated rings. The Kier molecular flexibility index (Phi) is 6.55. The number of ether oxygens (including phenoxy) is 1. The first-order valence-corrected chi connectivity index (χ1v) is 12.4. The van der Waals surface area contributed by atoms with Crippen LogP contribution in [-0.2, 0) is 9.53 Å². The van der Waals surface area contributed by atoms with E-state index in [1.54, 1.807) is 0 Å². The van der Waals surface area contributed by atoms with Gasteiger partial charge < -0.3 is 4.74 Å². The van der Waals surface area contributed by atoms with E-state index in [0.717, 1.165) is 30.6 Å². The molecule has 3 heteroatoms. The van der Waals surface area contributed by atoms with Crippen LogP contribution < -0.4 is 0 Å². The van der Waals surface area contributed by atoms with Crippen LogP contribution in [0.15, 0.2) is 24.5 Å². The minimum absolute atomic E-state index is 0.0588. The fourth-order valence-corrected chi connectivity index (χ4v) is 7.24. The van der Waals surface area contributed by atoms with Gasteiger partial charge in [0.2, 0.25) is 0 Å². The zero-order valence-corrected chi connectivity index (χ0v) is 19.4. The number of aromatic nitrogens is 1. The quantitative estimate of drug-likeness (QED) is 0.322. The Morgan fingerprint density at radius 3 is 2.20 bits per heavy atom. The molecule has 1 aromatic rings. The molecule has 5 rings (SSSR count). The van der Waals surface area contributed by atoms with Crippen LogP contribution in [0.5, 0.6) is 0 Å². The molecule has 4 aliphatic carbocycles. The normalized spacial score (nSPS) is 31.0. The summed E-state index contributed by atoms with van der Waals surface area (Å²) in [5.74, 6) is 3.63. The van der Waals surface area contributed by atoms with Crippen molar-refractivity contribution in [3.05, 3.63) is 30.1 Å². The van der Waals surface area contributed by atoms with Gasteiger partial charge in [-0.25, -0.2) is 0 Å². The van der Waals surface area contributed by atoms with Gasteiger partial charge in [0, 0.05) is 18.8 Å². The van der Waals surface area contributed by atoms with Crippen LogP contribution in [0.2, 0.25) is 0 Å². The van der Waals surface area contributed by atoms with Crippen molar-refractivity contribution in [1.29, 1.82) is 0 Å². The summed E-state index contributed by atoms with van der Waals surface area (Å²) in [6.45, 7) is 5.82. The lowest BCUT2D eigenvalue weighted by atomic mass is 9.48. The molecule has 0 amide bonds. The number of hydrogen-bond acceptors (Lipinski definition) is 3. The van der Waals surface area contributed by atoms with E-state index >= 15 is 0 Å². The minimum Gasteiger partial charge on any atom is -0.460 e. The molecule has 166 valence electrons. The number of rotatable bonds is 9. The number of nitrogens with zero attached hydrogens (tertiary/aromatic N) is 1. The van der Waals surface area contributed by atoms with E-state index in [1.165, 1.54) is 63.4 Å². The van der Waals surface area contributed by atoms with Crippen molar-refractivity contribution in [3.63, 3.8) is 0 Å². The van der Waals surface area contributed by atoms with Gasteiger partial charge in [0.05, 0.1) is 0 Å². The predicted molar refractivity (Wildman–Crippen MR) is 121 cm³/mol. The number of pyridine rings is 1.